The van der Waals surface area contributed by atoms with E-state index < -0.39 is 11.6 Å². The van der Waals surface area contributed by atoms with Gasteiger partial charge in [-0.15, -0.1) is 5.10 Å². The number of aromatic hydroxyl groups is 1. The van der Waals surface area contributed by atoms with Gasteiger partial charge in [-0.2, -0.15) is 0 Å². The molecule has 0 bridgehead atoms. The Labute approximate surface area is 222 Å². The Morgan fingerprint density at radius 3 is 2.55 bits per heavy atom. The van der Waals surface area contributed by atoms with Crippen LogP contribution in [0, 0.1) is 0 Å². The number of fused-ring (bicyclic) bond motifs is 2. The summed E-state index contributed by atoms with van der Waals surface area (Å²) in [5.74, 6) is -0.493. The van der Waals surface area contributed by atoms with Crippen molar-refractivity contribution >= 4 is 28.5 Å². The van der Waals surface area contributed by atoms with E-state index in [2.05, 4.69) is 21.7 Å². The second-order valence-electron chi connectivity index (χ2n) is 10.5. The van der Waals surface area contributed by atoms with Crippen molar-refractivity contribution in [2.45, 2.75) is 64.6 Å². The number of anilines is 1. The number of benzene rings is 3. The largest absolute Gasteiger partial charge is 0.508 e. The number of phenols is 1. The van der Waals surface area contributed by atoms with Gasteiger partial charge in [0.05, 0.1) is 5.52 Å². The van der Waals surface area contributed by atoms with Crippen molar-refractivity contribution in [2.24, 2.45) is 0 Å². The fourth-order valence-electron chi connectivity index (χ4n) is 4.95. The van der Waals surface area contributed by atoms with E-state index >= 15 is 0 Å². The van der Waals surface area contributed by atoms with Crippen molar-refractivity contribution in [3.8, 4) is 5.75 Å². The van der Waals surface area contributed by atoms with Crippen LogP contribution >= 0.6 is 0 Å². The third-order valence-corrected chi connectivity index (χ3v) is 7.40. The quantitative estimate of drug-likeness (QED) is 0.357. The number of nitrogens with one attached hydrogen (secondary N) is 1. The van der Waals surface area contributed by atoms with E-state index in [4.69, 9.17) is 0 Å². The maximum absolute atomic E-state index is 14.2. The van der Waals surface area contributed by atoms with Crippen LogP contribution in [0.4, 0.5) is 5.69 Å². The lowest BCUT2D eigenvalue weighted by Crippen LogP contribution is -2.51. The molecule has 0 saturated carbocycles. The summed E-state index contributed by atoms with van der Waals surface area (Å²) in [6, 6.07) is 19.0. The highest BCUT2D eigenvalue weighted by molar-refractivity contribution is 6.01. The van der Waals surface area contributed by atoms with Crippen molar-refractivity contribution in [3.63, 3.8) is 0 Å². The zero-order chi connectivity index (χ0) is 26.9. The number of amides is 2. The summed E-state index contributed by atoms with van der Waals surface area (Å²) in [7, 11) is 0. The summed E-state index contributed by atoms with van der Waals surface area (Å²) >= 11 is 0. The molecule has 8 heteroatoms. The van der Waals surface area contributed by atoms with Gasteiger partial charge < -0.3 is 10.4 Å². The van der Waals surface area contributed by atoms with Gasteiger partial charge >= 0.3 is 0 Å². The van der Waals surface area contributed by atoms with Gasteiger partial charge in [0.15, 0.2) is 0 Å². The van der Waals surface area contributed by atoms with Gasteiger partial charge in [-0.05, 0) is 92.6 Å². The van der Waals surface area contributed by atoms with Crippen molar-refractivity contribution in [3.05, 3.63) is 83.4 Å². The Hall–Kier alpha value is -4.20. The molecule has 1 aliphatic rings. The van der Waals surface area contributed by atoms with Crippen molar-refractivity contribution < 1.29 is 14.7 Å². The second-order valence-corrected chi connectivity index (χ2v) is 10.5. The molecule has 0 spiro atoms. The molecule has 1 aliphatic carbocycles. The Morgan fingerprint density at radius 1 is 1.05 bits per heavy atom. The molecule has 196 valence electrons. The molecule has 1 aromatic heterocycles. The van der Waals surface area contributed by atoms with E-state index in [9.17, 15) is 14.7 Å². The van der Waals surface area contributed by atoms with Gasteiger partial charge in [0, 0.05) is 11.2 Å². The molecule has 8 nitrogen and oxygen atoms in total. The third kappa shape index (κ3) is 5.11. The highest BCUT2D eigenvalue weighted by Gasteiger charge is 2.35. The van der Waals surface area contributed by atoms with Crippen LogP contribution in [0.1, 0.15) is 56.3 Å². The van der Waals surface area contributed by atoms with E-state index in [0.29, 0.717) is 16.8 Å². The van der Waals surface area contributed by atoms with Crippen LogP contribution < -0.4 is 10.2 Å². The molecular weight excluding hydrogens is 478 g/mol. The maximum atomic E-state index is 14.2. The summed E-state index contributed by atoms with van der Waals surface area (Å²) in [6.45, 7) is 5.84. The van der Waals surface area contributed by atoms with Crippen LogP contribution in [0.25, 0.3) is 11.0 Å². The van der Waals surface area contributed by atoms with E-state index in [1.165, 1.54) is 23.3 Å². The average molecular weight is 512 g/mol. The Bertz CT molecular complexity index is 1480. The summed E-state index contributed by atoms with van der Waals surface area (Å²) in [4.78, 5) is 29.7. The zero-order valence-corrected chi connectivity index (χ0v) is 22.0. The van der Waals surface area contributed by atoms with Gasteiger partial charge in [0.1, 0.15) is 23.9 Å². The predicted octanol–water partition coefficient (Wildman–Crippen LogP) is 4.70. The number of carbonyl (C=O) groups is 2. The molecule has 5 rings (SSSR count). The summed E-state index contributed by atoms with van der Waals surface area (Å²) < 4.78 is 1.57. The van der Waals surface area contributed by atoms with Crippen LogP contribution in [0.5, 0.6) is 5.75 Å². The molecule has 1 atom stereocenters. The lowest BCUT2D eigenvalue weighted by molar-refractivity contribution is -0.128. The molecule has 4 aromatic rings. The van der Waals surface area contributed by atoms with Gasteiger partial charge in [-0.25, -0.2) is 4.68 Å². The Balaban J connectivity index is 1.61. The van der Waals surface area contributed by atoms with Gasteiger partial charge in [0.25, 0.3) is 0 Å². The van der Waals surface area contributed by atoms with Gasteiger partial charge in [-0.1, -0.05) is 42.5 Å². The highest BCUT2D eigenvalue weighted by atomic mass is 16.3. The van der Waals surface area contributed by atoms with Crippen LogP contribution in [-0.2, 0) is 29.0 Å². The topological polar surface area (TPSA) is 100 Å². The monoisotopic (exact) mass is 511 g/mol. The summed E-state index contributed by atoms with van der Waals surface area (Å²) in [5, 5.41) is 21.5. The number of hydrogen-bond acceptors (Lipinski definition) is 5. The number of hydrogen-bond donors (Lipinski definition) is 2. The van der Waals surface area contributed by atoms with Crippen LogP contribution in [0.2, 0.25) is 0 Å². The summed E-state index contributed by atoms with van der Waals surface area (Å²) in [6.07, 6.45) is 3.75. The van der Waals surface area contributed by atoms with Crippen LogP contribution in [0.3, 0.4) is 0 Å². The summed E-state index contributed by atoms with van der Waals surface area (Å²) in [5.41, 5.74) is 4.70. The fraction of sp³-hybridized carbons (Fsp3) is 0.333. The lowest BCUT2D eigenvalue weighted by Gasteiger charge is -2.35. The molecule has 0 aliphatic heterocycles. The van der Waals surface area contributed by atoms with Gasteiger partial charge in [0.2, 0.25) is 11.8 Å². The number of rotatable bonds is 8. The Morgan fingerprint density at radius 2 is 1.79 bits per heavy atom. The molecule has 0 saturated heterocycles. The zero-order valence-electron chi connectivity index (χ0n) is 22.0. The minimum absolute atomic E-state index is 0.0867. The van der Waals surface area contributed by atoms with E-state index in [1.807, 2.05) is 57.2 Å². The SMILES string of the molecule is CCC(C)(C)NC(=O)[C@H](c1ccc(O)cc1)N(C(=O)Cn1nnc2ccccc21)c1ccc2c(c1)CCC2. The van der Waals surface area contributed by atoms with E-state index in [1.54, 1.807) is 21.7 Å². The predicted molar refractivity (Wildman–Crippen MR) is 147 cm³/mol. The first-order chi connectivity index (χ1) is 18.3. The molecule has 0 radical (unpaired) electrons. The molecule has 1 heterocycles. The van der Waals surface area contributed by atoms with E-state index in [0.717, 1.165) is 31.2 Å². The fourth-order valence-corrected chi connectivity index (χ4v) is 4.95. The molecular formula is C30H33N5O3. The van der Waals surface area contributed by atoms with Gasteiger partial charge in [-0.3, -0.25) is 14.5 Å². The van der Waals surface area contributed by atoms with Crippen molar-refractivity contribution in [2.75, 3.05) is 4.90 Å². The molecule has 2 N–H and O–H groups in total. The normalized spacial score (nSPS) is 13.8. The third-order valence-electron chi connectivity index (χ3n) is 7.40. The first kappa shape index (κ1) is 25.4. The Kier molecular flexibility index (Phi) is 6.89. The van der Waals surface area contributed by atoms with Crippen molar-refractivity contribution in [1.82, 2.24) is 20.3 Å². The minimum atomic E-state index is -0.955. The van der Waals surface area contributed by atoms with Crippen molar-refractivity contribution in [1.29, 1.82) is 0 Å². The van der Waals surface area contributed by atoms with E-state index in [-0.39, 0.29) is 24.1 Å². The molecule has 0 fully saturated rings. The average Bonchev–Trinajstić information content (AvgIpc) is 3.54. The smallest absolute Gasteiger partial charge is 0.249 e. The second kappa shape index (κ2) is 10.3. The number of phenolic OH excluding ortho intramolecular Hbond substituents is 1. The lowest BCUT2D eigenvalue weighted by atomic mass is 9.97. The molecule has 2 amide bonds. The van der Waals surface area contributed by atoms with Crippen LogP contribution in [-0.4, -0.2) is 37.5 Å². The number of nitrogens with zero attached hydrogens (tertiary/aromatic N) is 4. The molecule has 38 heavy (non-hydrogen) atoms. The number of para-hydroxylation sites is 1. The molecule has 3 aromatic carbocycles. The highest BCUT2D eigenvalue weighted by Crippen LogP contribution is 2.34. The van der Waals surface area contributed by atoms with Crippen LogP contribution in [0.15, 0.2) is 66.7 Å². The molecule has 0 unspecified atom stereocenters. The number of carbonyl (C=O) groups excluding carboxylic acids is 2. The first-order valence-corrected chi connectivity index (χ1v) is 13.1. The number of aromatic nitrogens is 3. The first-order valence-electron chi connectivity index (χ1n) is 13.1. The standard InChI is InChI=1S/C30H33N5O3/c1-4-30(2,3)31-29(38)28(21-13-16-24(36)17-14-21)35(23-15-12-20-8-7-9-22(20)18-23)27(37)19-34-26-11-6-5-10-25(26)32-33-34/h5-6,10-18,28,36H,4,7-9,19H2,1-3H3,(H,31,38)/t28-/m0/s1. The maximum Gasteiger partial charge on any atom is 0.249 e. The minimum Gasteiger partial charge on any atom is -0.508 e. The number of aryl methyl sites for hydroxylation is 2.